The van der Waals surface area contributed by atoms with E-state index in [0.717, 1.165) is 41.8 Å². The lowest BCUT2D eigenvalue weighted by atomic mass is 9.76. The van der Waals surface area contributed by atoms with Crippen LogP contribution in [0.4, 0.5) is 0 Å². The fourth-order valence-corrected chi connectivity index (χ4v) is 8.26. The molecule has 2 aromatic heterocycles. The van der Waals surface area contributed by atoms with E-state index in [2.05, 4.69) is 23.7 Å². The molecule has 4 heterocycles. The van der Waals surface area contributed by atoms with Gasteiger partial charge in [0.15, 0.2) is 0 Å². The molecule has 0 aromatic carbocycles. The van der Waals surface area contributed by atoms with Gasteiger partial charge in [0.2, 0.25) is 0 Å². The van der Waals surface area contributed by atoms with Crippen LogP contribution in [0.2, 0.25) is 0 Å². The Balaban J connectivity index is 1.24. The number of carbonyl (C=O) groups excluding carboxylic acids is 1. The van der Waals surface area contributed by atoms with Crippen molar-refractivity contribution < 1.29 is 9.53 Å². The number of pyridine rings is 1. The van der Waals surface area contributed by atoms with Crippen molar-refractivity contribution in [2.75, 3.05) is 33.4 Å². The van der Waals surface area contributed by atoms with Gasteiger partial charge < -0.3 is 14.6 Å². The Morgan fingerprint density at radius 2 is 1.86 bits per heavy atom. The first-order valence-electron chi connectivity index (χ1n) is 13.6. The number of amides is 1. The number of H-pyrrole nitrogens is 1. The van der Waals surface area contributed by atoms with Crippen LogP contribution in [0.25, 0.3) is 0 Å². The third kappa shape index (κ3) is 4.82. The highest BCUT2D eigenvalue weighted by Crippen LogP contribution is 2.44. The van der Waals surface area contributed by atoms with Crippen molar-refractivity contribution in [3.8, 4) is 0 Å². The smallest absolute Gasteiger partial charge is 0.255 e. The average molecular weight is 512 g/mol. The molecule has 196 valence electrons. The van der Waals surface area contributed by atoms with Gasteiger partial charge in [-0.3, -0.25) is 14.5 Å². The van der Waals surface area contributed by atoms with Gasteiger partial charge >= 0.3 is 0 Å². The maximum Gasteiger partial charge on any atom is 0.255 e. The molecule has 0 spiro atoms. The Kier molecular flexibility index (Phi) is 7.44. The molecule has 1 amide bonds. The maximum atomic E-state index is 13.6. The summed E-state index contributed by atoms with van der Waals surface area (Å²) in [5.41, 5.74) is 4.52. The van der Waals surface area contributed by atoms with E-state index in [4.69, 9.17) is 4.74 Å². The molecular weight excluding hydrogens is 470 g/mol. The number of aromatic nitrogens is 1. The summed E-state index contributed by atoms with van der Waals surface area (Å²) >= 11 is 1.87. The summed E-state index contributed by atoms with van der Waals surface area (Å²) in [5, 5.41) is 0. The molecule has 5 rings (SSSR count). The lowest BCUT2D eigenvalue weighted by molar-refractivity contribution is -0.00954. The van der Waals surface area contributed by atoms with Gasteiger partial charge in [0, 0.05) is 66.1 Å². The second-order valence-corrected chi connectivity index (χ2v) is 12.6. The lowest BCUT2D eigenvalue weighted by Gasteiger charge is -2.47. The highest BCUT2D eigenvalue weighted by Gasteiger charge is 2.37. The van der Waals surface area contributed by atoms with E-state index in [-0.39, 0.29) is 11.5 Å². The fourth-order valence-electron chi connectivity index (χ4n) is 6.83. The Labute approximate surface area is 219 Å². The minimum atomic E-state index is -0.0782. The second kappa shape index (κ2) is 10.4. The van der Waals surface area contributed by atoms with Gasteiger partial charge in [-0.15, -0.1) is 11.3 Å². The highest BCUT2D eigenvalue weighted by molar-refractivity contribution is 7.12. The van der Waals surface area contributed by atoms with Crippen molar-refractivity contribution in [3.05, 3.63) is 54.1 Å². The topological polar surface area (TPSA) is 65.6 Å². The number of nitrogens with zero attached hydrogens (tertiary/aromatic N) is 2. The van der Waals surface area contributed by atoms with Gasteiger partial charge in [-0.25, -0.2) is 0 Å². The van der Waals surface area contributed by atoms with Gasteiger partial charge in [-0.05, 0) is 75.5 Å². The van der Waals surface area contributed by atoms with E-state index in [0.29, 0.717) is 30.5 Å². The molecule has 1 aliphatic carbocycles. The van der Waals surface area contributed by atoms with Gasteiger partial charge in [0.05, 0.1) is 18.7 Å². The van der Waals surface area contributed by atoms with Crippen molar-refractivity contribution in [2.45, 2.75) is 78.3 Å². The normalized spacial score (nSPS) is 24.0. The van der Waals surface area contributed by atoms with E-state index in [9.17, 15) is 9.59 Å². The summed E-state index contributed by atoms with van der Waals surface area (Å²) in [5.74, 6) is 1.99. The Bertz CT molecular complexity index is 1170. The number of rotatable bonds is 7. The average Bonchev–Trinajstić information content (AvgIpc) is 3.16. The van der Waals surface area contributed by atoms with E-state index in [1.165, 1.54) is 54.1 Å². The number of ether oxygens (including phenoxy) is 1. The first-order valence-corrected chi connectivity index (χ1v) is 14.4. The maximum absolute atomic E-state index is 13.6. The van der Waals surface area contributed by atoms with Crippen LogP contribution in [0.3, 0.4) is 0 Å². The molecule has 1 saturated carbocycles. The first kappa shape index (κ1) is 25.7. The number of hydrogen-bond donors (Lipinski definition) is 1. The fraction of sp³-hybridized carbons (Fsp3) is 0.655. The van der Waals surface area contributed by atoms with Crippen molar-refractivity contribution in [2.24, 2.45) is 11.8 Å². The quantitative estimate of drug-likeness (QED) is 0.580. The van der Waals surface area contributed by atoms with Gasteiger partial charge in [0.1, 0.15) is 0 Å². The van der Waals surface area contributed by atoms with Crippen molar-refractivity contribution in [1.82, 2.24) is 14.8 Å². The molecular formula is C29H41N3O3S. The molecule has 2 aliphatic heterocycles. The first-order chi connectivity index (χ1) is 17.3. The van der Waals surface area contributed by atoms with Crippen LogP contribution >= 0.6 is 11.3 Å². The van der Waals surface area contributed by atoms with E-state index in [1.54, 1.807) is 7.11 Å². The van der Waals surface area contributed by atoms with Crippen LogP contribution in [-0.2, 0) is 17.7 Å². The van der Waals surface area contributed by atoms with Gasteiger partial charge in [-0.1, -0.05) is 6.92 Å². The lowest BCUT2D eigenvalue weighted by Crippen LogP contribution is -2.54. The third-order valence-electron chi connectivity index (χ3n) is 8.98. The van der Waals surface area contributed by atoms with Crippen molar-refractivity contribution >= 4 is 17.2 Å². The molecule has 2 aromatic rings. The highest BCUT2D eigenvalue weighted by atomic mass is 32.1. The molecule has 2 fully saturated rings. The van der Waals surface area contributed by atoms with Crippen molar-refractivity contribution in [3.63, 3.8) is 0 Å². The van der Waals surface area contributed by atoms with E-state index < -0.39 is 0 Å². The molecule has 7 heteroatoms. The number of aromatic amines is 1. The summed E-state index contributed by atoms with van der Waals surface area (Å²) in [6, 6.07) is 2.73. The predicted molar refractivity (Wildman–Crippen MR) is 145 cm³/mol. The zero-order valence-electron chi connectivity index (χ0n) is 22.5. The zero-order chi connectivity index (χ0) is 25.6. The summed E-state index contributed by atoms with van der Waals surface area (Å²) in [4.78, 5) is 36.2. The van der Waals surface area contributed by atoms with Crippen LogP contribution in [0.5, 0.6) is 0 Å². The Morgan fingerprint density at radius 1 is 1.14 bits per heavy atom. The van der Waals surface area contributed by atoms with E-state index in [1.807, 2.05) is 36.2 Å². The number of thiophene rings is 1. The molecule has 0 unspecified atom stereocenters. The van der Waals surface area contributed by atoms with Crippen molar-refractivity contribution in [1.29, 1.82) is 0 Å². The van der Waals surface area contributed by atoms with Crippen LogP contribution < -0.4 is 5.56 Å². The molecule has 1 atom stereocenters. The summed E-state index contributed by atoms with van der Waals surface area (Å²) in [6.07, 6.45) is 6.00. The van der Waals surface area contributed by atoms with Crippen LogP contribution in [0.15, 0.2) is 10.9 Å². The number of hydrogen-bond acceptors (Lipinski definition) is 5. The Hall–Kier alpha value is -1.96. The molecule has 3 aliphatic rings. The van der Waals surface area contributed by atoms with E-state index >= 15 is 0 Å². The minimum absolute atomic E-state index is 0.0782. The van der Waals surface area contributed by atoms with Gasteiger partial charge in [-0.2, -0.15) is 0 Å². The minimum Gasteiger partial charge on any atom is -0.384 e. The zero-order valence-corrected chi connectivity index (χ0v) is 23.3. The summed E-state index contributed by atoms with van der Waals surface area (Å²) < 4.78 is 5.32. The molecule has 0 bridgehead atoms. The molecule has 6 nitrogen and oxygen atoms in total. The number of likely N-dealkylation sites (tertiary alicyclic amines) is 1. The largest absolute Gasteiger partial charge is 0.384 e. The molecule has 0 radical (unpaired) electrons. The Morgan fingerprint density at radius 3 is 2.53 bits per heavy atom. The van der Waals surface area contributed by atoms with Crippen LogP contribution in [-0.4, -0.2) is 60.1 Å². The van der Waals surface area contributed by atoms with Crippen LogP contribution in [0, 0.1) is 32.6 Å². The van der Waals surface area contributed by atoms with Crippen LogP contribution in [0.1, 0.15) is 81.0 Å². The molecule has 1 N–H and O–H groups in total. The number of nitrogens with one attached hydrogen (secondary N) is 1. The number of methoxy groups -OCH3 is 1. The second-order valence-electron chi connectivity index (χ2n) is 11.4. The summed E-state index contributed by atoms with van der Waals surface area (Å²) in [6.45, 7) is 12.7. The third-order valence-corrected chi connectivity index (χ3v) is 10.5. The number of fused-ring (bicyclic) bond motifs is 1. The molecule has 36 heavy (non-hydrogen) atoms. The SMILES string of the molecule is COCC1CN([C@H]2CC[C@H]([C@@H](C)c3sc4c(c3C)C(=O)N(Cc3c(C)cc(C)[nH]c3=O)CC4)CC2)C1. The monoisotopic (exact) mass is 511 g/mol. The number of carbonyl (C=O) groups is 1. The number of aryl methyl sites for hydroxylation is 2. The predicted octanol–water partition coefficient (Wildman–Crippen LogP) is 4.80. The standard InChI is InChI=1S/C29H41N3O3S/c1-17-12-18(2)30-28(33)24(17)15-31-11-10-25-26(29(31)34)20(4)27(36-25)19(3)22-6-8-23(9-7-22)32-13-21(14-32)16-35-5/h12,19,21-23H,6-11,13-16H2,1-5H3,(H,30,33)/t19-,22-,23-/m1/s1. The van der Waals surface area contributed by atoms with Gasteiger partial charge in [0.25, 0.3) is 11.5 Å². The summed E-state index contributed by atoms with van der Waals surface area (Å²) in [7, 11) is 1.80. The molecule has 1 saturated heterocycles.